The molecule has 0 bridgehead atoms. The minimum Gasteiger partial charge on any atom is -0.493 e. The molecule has 0 amide bonds. The predicted molar refractivity (Wildman–Crippen MR) is 75.0 cm³/mol. The van der Waals surface area contributed by atoms with Gasteiger partial charge in [-0.2, -0.15) is 0 Å². The van der Waals surface area contributed by atoms with E-state index in [0.29, 0.717) is 6.61 Å². The van der Waals surface area contributed by atoms with Crippen molar-refractivity contribution in [1.82, 2.24) is 0 Å². The van der Waals surface area contributed by atoms with Gasteiger partial charge in [-0.25, -0.2) is 0 Å². The summed E-state index contributed by atoms with van der Waals surface area (Å²) in [5.41, 5.74) is 0.944. The van der Waals surface area contributed by atoms with Gasteiger partial charge in [0.2, 0.25) is 0 Å². The third-order valence-corrected chi connectivity index (χ3v) is 3.45. The van der Waals surface area contributed by atoms with Crippen LogP contribution < -0.4 is 4.74 Å². The van der Waals surface area contributed by atoms with Gasteiger partial charge < -0.3 is 9.84 Å². The number of hydrogen-bond donors (Lipinski definition) is 1. The molecule has 0 aliphatic carbocycles. The standard InChI is InChI=1S/C15H16O2S/c16-12-13-6-8-15(9-7-13)18-11-10-17-14-4-2-1-3-5-14/h1-9,16H,10-12H2. The highest BCUT2D eigenvalue weighted by atomic mass is 32.2. The maximum absolute atomic E-state index is 8.94. The second kappa shape index (κ2) is 7.09. The Hall–Kier alpha value is -1.45. The molecule has 2 aromatic carbocycles. The smallest absolute Gasteiger partial charge is 0.119 e. The molecule has 0 aliphatic heterocycles. The number of aliphatic hydroxyl groups excluding tert-OH is 1. The monoisotopic (exact) mass is 260 g/mol. The number of para-hydroxylation sites is 1. The number of hydrogen-bond acceptors (Lipinski definition) is 3. The zero-order valence-electron chi connectivity index (χ0n) is 10.1. The predicted octanol–water partition coefficient (Wildman–Crippen LogP) is 3.35. The molecule has 94 valence electrons. The van der Waals surface area contributed by atoms with Gasteiger partial charge in [-0.3, -0.25) is 0 Å². The number of thioether (sulfide) groups is 1. The van der Waals surface area contributed by atoms with E-state index in [9.17, 15) is 0 Å². The molecule has 1 N–H and O–H groups in total. The molecule has 0 spiro atoms. The molecule has 0 aliphatic rings. The van der Waals surface area contributed by atoms with Gasteiger partial charge in [-0.05, 0) is 29.8 Å². The van der Waals surface area contributed by atoms with Gasteiger partial charge in [0.1, 0.15) is 5.75 Å². The van der Waals surface area contributed by atoms with E-state index in [0.717, 1.165) is 17.1 Å². The zero-order chi connectivity index (χ0) is 12.6. The van der Waals surface area contributed by atoms with Crippen LogP contribution in [-0.4, -0.2) is 17.5 Å². The Labute approximate surface area is 112 Å². The Balaban J connectivity index is 1.72. The highest BCUT2D eigenvalue weighted by Crippen LogP contribution is 2.18. The Morgan fingerprint density at radius 3 is 2.33 bits per heavy atom. The van der Waals surface area contributed by atoms with Crippen molar-refractivity contribution < 1.29 is 9.84 Å². The van der Waals surface area contributed by atoms with Crippen LogP contribution in [0.25, 0.3) is 0 Å². The lowest BCUT2D eigenvalue weighted by Gasteiger charge is -2.06. The molecule has 0 saturated heterocycles. The fourth-order valence-corrected chi connectivity index (χ4v) is 2.26. The zero-order valence-corrected chi connectivity index (χ0v) is 10.9. The quantitative estimate of drug-likeness (QED) is 0.638. The van der Waals surface area contributed by atoms with Crippen LogP contribution in [0, 0.1) is 0 Å². The lowest BCUT2D eigenvalue weighted by molar-refractivity contribution is 0.282. The molecule has 3 heteroatoms. The summed E-state index contributed by atoms with van der Waals surface area (Å²) in [5.74, 6) is 1.82. The number of aliphatic hydroxyl groups is 1. The van der Waals surface area contributed by atoms with Crippen LogP contribution in [-0.2, 0) is 6.61 Å². The van der Waals surface area contributed by atoms with Gasteiger partial charge in [0.25, 0.3) is 0 Å². The van der Waals surface area contributed by atoms with Crippen molar-refractivity contribution in [1.29, 1.82) is 0 Å². The van der Waals surface area contributed by atoms with Crippen molar-refractivity contribution in [2.24, 2.45) is 0 Å². The summed E-state index contributed by atoms with van der Waals surface area (Å²) in [6.45, 7) is 0.790. The molecule has 2 rings (SSSR count). The van der Waals surface area contributed by atoms with Gasteiger partial charge in [0.15, 0.2) is 0 Å². The molecule has 0 radical (unpaired) electrons. The second-order valence-corrected chi connectivity index (χ2v) is 4.98. The average molecular weight is 260 g/mol. The third-order valence-electron chi connectivity index (χ3n) is 2.47. The first-order valence-electron chi connectivity index (χ1n) is 5.89. The lowest BCUT2D eigenvalue weighted by atomic mass is 10.2. The molecule has 0 heterocycles. The van der Waals surface area contributed by atoms with Crippen LogP contribution >= 0.6 is 11.8 Å². The van der Waals surface area contributed by atoms with E-state index in [-0.39, 0.29) is 6.61 Å². The number of ether oxygens (including phenoxy) is 1. The molecule has 0 saturated carbocycles. The Kier molecular flexibility index (Phi) is 5.12. The number of benzene rings is 2. The molecule has 0 fully saturated rings. The van der Waals surface area contributed by atoms with Crippen molar-refractivity contribution in [3.05, 3.63) is 60.2 Å². The van der Waals surface area contributed by atoms with Crippen molar-refractivity contribution in [3.8, 4) is 5.75 Å². The van der Waals surface area contributed by atoms with Crippen LogP contribution in [0.3, 0.4) is 0 Å². The Bertz CT molecular complexity index is 454. The van der Waals surface area contributed by atoms with Crippen molar-refractivity contribution in [2.75, 3.05) is 12.4 Å². The van der Waals surface area contributed by atoms with E-state index >= 15 is 0 Å². The van der Waals surface area contributed by atoms with E-state index in [1.807, 2.05) is 54.6 Å². The van der Waals surface area contributed by atoms with Gasteiger partial charge in [0.05, 0.1) is 13.2 Å². The fraction of sp³-hybridized carbons (Fsp3) is 0.200. The highest BCUT2D eigenvalue weighted by Gasteiger charge is 1.96. The minimum absolute atomic E-state index is 0.0993. The van der Waals surface area contributed by atoms with E-state index < -0.39 is 0 Å². The first-order chi connectivity index (χ1) is 8.88. The van der Waals surface area contributed by atoms with Gasteiger partial charge in [-0.15, -0.1) is 11.8 Å². The van der Waals surface area contributed by atoms with Crippen LogP contribution in [0.2, 0.25) is 0 Å². The summed E-state index contributed by atoms with van der Waals surface area (Å²) < 4.78 is 5.61. The molecular formula is C15H16O2S. The summed E-state index contributed by atoms with van der Waals surface area (Å²) >= 11 is 1.75. The summed E-state index contributed by atoms with van der Waals surface area (Å²) in [6, 6.07) is 17.8. The Morgan fingerprint density at radius 1 is 0.944 bits per heavy atom. The molecule has 18 heavy (non-hydrogen) atoms. The molecular weight excluding hydrogens is 244 g/mol. The van der Waals surface area contributed by atoms with Gasteiger partial charge in [-0.1, -0.05) is 30.3 Å². The molecule has 0 unspecified atom stereocenters. The normalized spacial score (nSPS) is 10.3. The average Bonchev–Trinajstić information content (AvgIpc) is 2.45. The van der Waals surface area contributed by atoms with Crippen molar-refractivity contribution in [2.45, 2.75) is 11.5 Å². The summed E-state index contributed by atoms with van der Waals surface area (Å²) in [5, 5.41) is 8.94. The maximum atomic E-state index is 8.94. The molecule has 0 atom stereocenters. The summed E-state index contributed by atoms with van der Waals surface area (Å²) in [7, 11) is 0. The largest absolute Gasteiger partial charge is 0.493 e. The highest BCUT2D eigenvalue weighted by molar-refractivity contribution is 7.99. The maximum Gasteiger partial charge on any atom is 0.119 e. The van der Waals surface area contributed by atoms with Crippen molar-refractivity contribution >= 4 is 11.8 Å². The lowest BCUT2D eigenvalue weighted by Crippen LogP contribution is -1.99. The molecule has 0 aromatic heterocycles. The van der Waals surface area contributed by atoms with E-state index in [2.05, 4.69) is 0 Å². The van der Waals surface area contributed by atoms with Crippen LogP contribution in [0.4, 0.5) is 0 Å². The van der Waals surface area contributed by atoms with E-state index in [1.54, 1.807) is 11.8 Å². The number of rotatable bonds is 6. The van der Waals surface area contributed by atoms with Crippen LogP contribution in [0.15, 0.2) is 59.5 Å². The second-order valence-electron chi connectivity index (χ2n) is 3.81. The van der Waals surface area contributed by atoms with E-state index in [1.165, 1.54) is 4.90 Å². The van der Waals surface area contributed by atoms with Crippen molar-refractivity contribution in [3.63, 3.8) is 0 Å². The topological polar surface area (TPSA) is 29.5 Å². The third kappa shape index (κ3) is 4.09. The first kappa shape index (κ1) is 13.0. The Morgan fingerprint density at radius 2 is 1.67 bits per heavy atom. The van der Waals surface area contributed by atoms with E-state index in [4.69, 9.17) is 9.84 Å². The van der Waals surface area contributed by atoms with Gasteiger partial charge >= 0.3 is 0 Å². The molecule has 2 aromatic rings. The van der Waals surface area contributed by atoms with Gasteiger partial charge in [0, 0.05) is 10.6 Å². The minimum atomic E-state index is 0.0993. The first-order valence-corrected chi connectivity index (χ1v) is 6.87. The van der Waals surface area contributed by atoms with Crippen LogP contribution in [0.1, 0.15) is 5.56 Å². The van der Waals surface area contributed by atoms with Crippen LogP contribution in [0.5, 0.6) is 5.75 Å². The molecule has 2 nitrogen and oxygen atoms in total. The SMILES string of the molecule is OCc1ccc(SCCOc2ccccc2)cc1. The fourth-order valence-electron chi connectivity index (χ4n) is 1.53. The summed E-state index contributed by atoms with van der Waals surface area (Å²) in [6.07, 6.45) is 0. The summed E-state index contributed by atoms with van der Waals surface area (Å²) in [4.78, 5) is 1.20.